The van der Waals surface area contributed by atoms with Crippen molar-refractivity contribution in [1.82, 2.24) is 4.90 Å². The third-order valence-corrected chi connectivity index (χ3v) is 2.76. The highest BCUT2D eigenvalue weighted by Gasteiger charge is 2.22. The average molecular weight is 204 g/mol. The van der Waals surface area contributed by atoms with Crippen LogP contribution in [-0.2, 0) is 4.79 Å². The van der Waals surface area contributed by atoms with Gasteiger partial charge in [0.1, 0.15) is 0 Å². The predicted octanol–water partition coefficient (Wildman–Crippen LogP) is 1.27. The fourth-order valence-electron chi connectivity index (χ4n) is 1.79. The lowest BCUT2D eigenvalue weighted by atomic mass is 10.2. The second-order valence-corrected chi connectivity index (χ2v) is 4.12. The molecule has 3 nitrogen and oxygen atoms in total. The van der Waals surface area contributed by atoms with Crippen molar-refractivity contribution in [2.45, 2.75) is 6.92 Å². The van der Waals surface area contributed by atoms with E-state index in [1.54, 1.807) is 0 Å². The van der Waals surface area contributed by atoms with Crippen molar-refractivity contribution >= 4 is 11.6 Å². The highest BCUT2D eigenvalue weighted by Crippen LogP contribution is 2.17. The number of rotatable bonds is 1. The normalized spacial score (nSPS) is 18.3. The summed E-state index contributed by atoms with van der Waals surface area (Å²) in [6.45, 7) is 4.31. The molecule has 1 aromatic carbocycles. The molecule has 1 fully saturated rings. The van der Waals surface area contributed by atoms with Gasteiger partial charge in [-0.15, -0.1) is 0 Å². The van der Waals surface area contributed by atoms with E-state index in [9.17, 15) is 4.79 Å². The zero-order chi connectivity index (χ0) is 10.8. The van der Waals surface area contributed by atoms with Crippen molar-refractivity contribution in [1.29, 1.82) is 0 Å². The van der Waals surface area contributed by atoms with E-state index in [0.29, 0.717) is 6.54 Å². The molecular weight excluding hydrogens is 188 g/mol. The summed E-state index contributed by atoms with van der Waals surface area (Å²) in [5.74, 6) is 0.188. The molecule has 15 heavy (non-hydrogen) atoms. The number of carbonyl (C=O) groups excluding carboxylic acids is 1. The van der Waals surface area contributed by atoms with Crippen molar-refractivity contribution in [3.63, 3.8) is 0 Å². The second-order valence-electron chi connectivity index (χ2n) is 4.12. The van der Waals surface area contributed by atoms with Gasteiger partial charge in [0.2, 0.25) is 5.91 Å². The fraction of sp³-hybridized carbons (Fsp3) is 0.417. The number of hydrogen-bond acceptors (Lipinski definition) is 2. The Morgan fingerprint density at radius 2 is 1.80 bits per heavy atom. The number of anilines is 1. The summed E-state index contributed by atoms with van der Waals surface area (Å²) in [7, 11) is 1.98. The molecule has 0 bridgehead atoms. The highest BCUT2D eigenvalue weighted by atomic mass is 16.2. The highest BCUT2D eigenvalue weighted by molar-refractivity contribution is 5.95. The zero-order valence-electron chi connectivity index (χ0n) is 9.23. The molecule has 1 heterocycles. The molecule has 1 amide bonds. The molecule has 0 spiro atoms. The van der Waals surface area contributed by atoms with E-state index in [1.165, 1.54) is 5.56 Å². The lowest BCUT2D eigenvalue weighted by Crippen LogP contribution is -2.48. The van der Waals surface area contributed by atoms with E-state index in [-0.39, 0.29) is 5.91 Å². The molecule has 2 rings (SSSR count). The van der Waals surface area contributed by atoms with Crippen LogP contribution in [0.5, 0.6) is 0 Å². The number of aryl methyl sites for hydroxylation is 1. The van der Waals surface area contributed by atoms with Crippen molar-refractivity contribution < 1.29 is 4.79 Å². The van der Waals surface area contributed by atoms with E-state index in [1.807, 2.05) is 41.1 Å². The molecule has 0 aliphatic carbocycles. The molecule has 80 valence electrons. The molecule has 1 aliphatic heterocycles. The van der Waals surface area contributed by atoms with E-state index in [0.717, 1.165) is 18.8 Å². The SMILES string of the molecule is Cc1ccc(N2CCN(C)CC2=O)cc1. The minimum atomic E-state index is 0.188. The Balaban J connectivity index is 2.17. The molecule has 0 N–H and O–H groups in total. The Labute approximate surface area is 90.3 Å². The molecule has 0 unspecified atom stereocenters. The first-order valence-corrected chi connectivity index (χ1v) is 5.22. The topological polar surface area (TPSA) is 23.6 Å². The van der Waals surface area contributed by atoms with Crippen LogP contribution in [0.15, 0.2) is 24.3 Å². The number of amides is 1. The molecular formula is C12H16N2O. The minimum absolute atomic E-state index is 0.188. The van der Waals surface area contributed by atoms with Crippen LogP contribution in [0.25, 0.3) is 0 Å². The Morgan fingerprint density at radius 1 is 1.13 bits per heavy atom. The first-order valence-electron chi connectivity index (χ1n) is 5.22. The molecule has 0 atom stereocenters. The summed E-state index contributed by atoms with van der Waals surface area (Å²) in [6, 6.07) is 8.11. The number of carbonyl (C=O) groups is 1. The van der Waals surface area contributed by atoms with Gasteiger partial charge in [0.05, 0.1) is 6.54 Å². The molecule has 0 radical (unpaired) electrons. The average Bonchev–Trinajstić information content (AvgIpc) is 2.20. The molecule has 1 aliphatic rings. The van der Waals surface area contributed by atoms with Crippen LogP contribution in [0.4, 0.5) is 5.69 Å². The second kappa shape index (κ2) is 4.03. The van der Waals surface area contributed by atoms with E-state index in [4.69, 9.17) is 0 Å². The first kappa shape index (κ1) is 10.2. The van der Waals surface area contributed by atoms with Crippen LogP contribution < -0.4 is 4.90 Å². The van der Waals surface area contributed by atoms with Crippen LogP contribution in [0, 0.1) is 6.92 Å². The Kier molecular flexibility index (Phi) is 2.73. The van der Waals surface area contributed by atoms with Crippen molar-refractivity contribution in [3.8, 4) is 0 Å². The van der Waals surface area contributed by atoms with Crippen molar-refractivity contribution in [2.75, 3.05) is 31.6 Å². The summed E-state index contributed by atoms with van der Waals surface area (Å²) < 4.78 is 0. The maximum Gasteiger partial charge on any atom is 0.241 e. The van der Waals surface area contributed by atoms with Crippen LogP contribution >= 0.6 is 0 Å². The largest absolute Gasteiger partial charge is 0.310 e. The van der Waals surface area contributed by atoms with Gasteiger partial charge in [-0.25, -0.2) is 0 Å². The minimum Gasteiger partial charge on any atom is -0.310 e. The zero-order valence-corrected chi connectivity index (χ0v) is 9.23. The van der Waals surface area contributed by atoms with Crippen LogP contribution in [-0.4, -0.2) is 37.5 Å². The lowest BCUT2D eigenvalue weighted by molar-refractivity contribution is -0.120. The van der Waals surface area contributed by atoms with Gasteiger partial charge >= 0.3 is 0 Å². The number of benzene rings is 1. The lowest BCUT2D eigenvalue weighted by Gasteiger charge is -2.32. The monoisotopic (exact) mass is 204 g/mol. The van der Waals surface area contributed by atoms with Crippen LogP contribution in [0.2, 0.25) is 0 Å². The standard InChI is InChI=1S/C12H16N2O/c1-10-3-5-11(6-4-10)14-8-7-13(2)9-12(14)15/h3-6H,7-9H2,1-2H3. The maximum atomic E-state index is 11.8. The maximum absolute atomic E-state index is 11.8. The van der Waals surface area contributed by atoms with Gasteiger partial charge in [-0.3, -0.25) is 9.69 Å². The number of nitrogens with zero attached hydrogens (tertiary/aromatic N) is 2. The van der Waals surface area contributed by atoms with Gasteiger partial charge in [-0.05, 0) is 26.1 Å². The van der Waals surface area contributed by atoms with Gasteiger partial charge in [0.15, 0.2) is 0 Å². The summed E-state index contributed by atoms with van der Waals surface area (Å²) in [4.78, 5) is 15.7. The van der Waals surface area contributed by atoms with Crippen molar-refractivity contribution in [2.24, 2.45) is 0 Å². The number of hydrogen-bond donors (Lipinski definition) is 0. The van der Waals surface area contributed by atoms with Gasteiger partial charge in [0.25, 0.3) is 0 Å². The van der Waals surface area contributed by atoms with Crippen molar-refractivity contribution in [3.05, 3.63) is 29.8 Å². The van der Waals surface area contributed by atoms with E-state index >= 15 is 0 Å². The van der Waals surface area contributed by atoms with Crippen LogP contribution in [0.1, 0.15) is 5.56 Å². The third-order valence-electron chi connectivity index (χ3n) is 2.76. The van der Waals surface area contributed by atoms with E-state index < -0.39 is 0 Å². The van der Waals surface area contributed by atoms with Gasteiger partial charge in [-0.2, -0.15) is 0 Å². The Morgan fingerprint density at radius 3 is 2.40 bits per heavy atom. The molecule has 0 saturated carbocycles. The Hall–Kier alpha value is -1.35. The van der Waals surface area contributed by atoms with Gasteiger partial charge in [-0.1, -0.05) is 17.7 Å². The number of piperazine rings is 1. The third kappa shape index (κ3) is 2.18. The summed E-state index contributed by atoms with van der Waals surface area (Å²) >= 11 is 0. The smallest absolute Gasteiger partial charge is 0.241 e. The predicted molar refractivity (Wildman–Crippen MR) is 61.0 cm³/mol. The van der Waals surface area contributed by atoms with Gasteiger partial charge in [0, 0.05) is 18.8 Å². The van der Waals surface area contributed by atoms with Gasteiger partial charge < -0.3 is 4.90 Å². The van der Waals surface area contributed by atoms with E-state index in [2.05, 4.69) is 6.92 Å². The quantitative estimate of drug-likeness (QED) is 0.688. The summed E-state index contributed by atoms with van der Waals surface area (Å²) in [5.41, 5.74) is 2.24. The first-order chi connectivity index (χ1) is 7.16. The fourth-order valence-corrected chi connectivity index (χ4v) is 1.79. The van der Waals surface area contributed by atoms with Crippen LogP contribution in [0.3, 0.4) is 0 Å². The molecule has 1 saturated heterocycles. The summed E-state index contributed by atoms with van der Waals surface area (Å²) in [5, 5.41) is 0. The summed E-state index contributed by atoms with van der Waals surface area (Å²) in [6.07, 6.45) is 0. The Bertz CT molecular complexity index is 358. The molecule has 0 aromatic heterocycles. The molecule has 1 aromatic rings. The number of likely N-dealkylation sites (N-methyl/N-ethyl adjacent to an activating group) is 1. The molecule has 3 heteroatoms.